The monoisotopic (exact) mass is 532 g/mol. The minimum absolute atomic E-state index is 0.0204. The van der Waals surface area contributed by atoms with Gasteiger partial charge in [-0.05, 0) is 58.3 Å². The fourth-order valence-electron chi connectivity index (χ4n) is 7.41. The van der Waals surface area contributed by atoms with Gasteiger partial charge in [0, 0.05) is 31.1 Å². The number of hydroxylamine groups is 1. The summed E-state index contributed by atoms with van der Waals surface area (Å²) < 4.78 is 0. The Bertz CT molecular complexity index is 837. The molecule has 0 radical (unpaired) electrons. The first-order valence-corrected chi connectivity index (χ1v) is 15.2. The maximum Gasteiger partial charge on any atom is 0.243 e. The molecule has 2 aliphatic carbocycles. The molecule has 0 spiro atoms. The minimum atomic E-state index is -0.925. The lowest BCUT2D eigenvalue weighted by Crippen LogP contribution is -2.58. The molecule has 5 fully saturated rings. The highest BCUT2D eigenvalue weighted by Gasteiger charge is 2.40. The Morgan fingerprint density at radius 3 is 2.26 bits per heavy atom. The van der Waals surface area contributed by atoms with Gasteiger partial charge in [-0.1, -0.05) is 32.1 Å². The van der Waals surface area contributed by atoms with E-state index in [4.69, 9.17) is 4.84 Å². The molecule has 5 rings (SSSR count). The van der Waals surface area contributed by atoms with Gasteiger partial charge in [-0.15, -0.1) is 0 Å². The van der Waals surface area contributed by atoms with Crippen LogP contribution in [0.25, 0.3) is 0 Å². The highest BCUT2D eigenvalue weighted by Crippen LogP contribution is 2.34. The van der Waals surface area contributed by atoms with Gasteiger partial charge in [0.2, 0.25) is 17.7 Å². The topological polar surface area (TPSA) is 124 Å². The van der Waals surface area contributed by atoms with Crippen LogP contribution in [0.5, 0.6) is 0 Å². The number of carbonyl (C=O) groups excluding carboxylic acids is 3. The first-order valence-electron chi connectivity index (χ1n) is 15.2. The summed E-state index contributed by atoms with van der Waals surface area (Å²) in [5, 5.41) is 13.3. The highest BCUT2D eigenvalue weighted by atomic mass is 16.7. The van der Waals surface area contributed by atoms with Crippen LogP contribution in [0.3, 0.4) is 0 Å². The molecule has 0 aromatic heterocycles. The summed E-state index contributed by atoms with van der Waals surface area (Å²) in [4.78, 5) is 47.6. The average molecular weight is 533 g/mol. The molecule has 4 unspecified atom stereocenters. The fourth-order valence-corrected chi connectivity index (χ4v) is 7.41. The zero-order chi connectivity index (χ0) is 26.6. The van der Waals surface area contributed by atoms with E-state index in [0.29, 0.717) is 24.4 Å². The molecule has 5 aliphatic rings. The Labute approximate surface area is 227 Å². The number of amides is 3. The van der Waals surface area contributed by atoms with Gasteiger partial charge in [-0.2, -0.15) is 5.48 Å². The first-order chi connectivity index (χ1) is 18.4. The minimum Gasteiger partial charge on any atom is -0.349 e. The Morgan fingerprint density at radius 2 is 1.61 bits per heavy atom. The van der Waals surface area contributed by atoms with Crippen LogP contribution in [0.1, 0.15) is 97.3 Å². The quantitative estimate of drug-likeness (QED) is 0.321. The van der Waals surface area contributed by atoms with Crippen molar-refractivity contribution >= 4 is 17.7 Å². The van der Waals surface area contributed by atoms with E-state index in [1.165, 1.54) is 44.9 Å². The van der Waals surface area contributed by atoms with E-state index in [-0.39, 0.29) is 48.5 Å². The van der Waals surface area contributed by atoms with Crippen molar-refractivity contribution in [1.82, 2.24) is 31.6 Å². The number of hydrogen-bond donors (Lipinski definition) is 5. The lowest BCUT2D eigenvalue weighted by molar-refractivity contribution is -0.138. The van der Waals surface area contributed by atoms with Crippen LogP contribution in [0.4, 0.5) is 0 Å². The van der Waals surface area contributed by atoms with Gasteiger partial charge in [0.15, 0.2) is 0 Å². The van der Waals surface area contributed by atoms with Crippen molar-refractivity contribution in [2.75, 3.05) is 6.54 Å². The summed E-state index contributed by atoms with van der Waals surface area (Å²) in [5.74, 6) is -0.0823. The third-order valence-electron chi connectivity index (χ3n) is 9.54. The molecule has 7 atom stereocenters. The van der Waals surface area contributed by atoms with Crippen LogP contribution >= 0.6 is 0 Å². The lowest BCUT2D eigenvalue weighted by atomic mass is 9.83. The van der Waals surface area contributed by atoms with Crippen LogP contribution in [0, 0.1) is 5.92 Å². The zero-order valence-electron chi connectivity index (χ0n) is 23.2. The summed E-state index contributed by atoms with van der Waals surface area (Å²) in [5.41, 5.74) is 2.76. The van der Waals surface area contributed by atoms with Crippen LogP contribution in [-0.4, -0.2) is 77.7 Å². The van der Waals surface area contributed by atoms with Crippen molar-refractivity contribution in [1.29, 1.82) is 0 Å². The van der Waals surface area contributed by atoms with Gasteiger partial charge in [0.25, 0.3) is 0 Å². The molecule has 3 amide bonds. The Balaban J connectivity index is 1.23. The Morgan fingerprint density at radius 1 is 0.921 bits per heavy atom. The lowest BCUT2D eigenvalue weighted by Gasteiger charge is -2.35. The molecule has 0 bridgehead atoms. The van der Waals surface area contributed by atoms with E-state index in [9.17, 15) is 14.4 Å². The molecule has 10 nitrogen and oxygen atoms in total. The van der Waals surface area contributed by atoms with Gasteiger partial charge in [-0.3, -0.25) is 29.9 Å². The molecular weight excluding hydrogens is 484 g/mol. The number of rotatable bonds is 8. The molecule has 5 N–H and O–H groups in total. The van der Waals surface area contributed by atoms with Gasteiger partial charge in [0.1, 0.15) is 12.1 Å². The second-order valence-electron chi connectivity index (χ2n) is 12.4. The smallest absolute Gasteiger partial charge is 0.243 e. The third-order valence-corrected chi connectivity index (χ3v) is 9.54. The summed E-state index contributed by atoms with van der Waals surface area (Å²) in [6.07, 6.45) is 13.3. The fraction of sp³-hybridized carbons (Fsp3) is 0.893. The molecule has 0 aromatic rings. The predicted molar refractivity (Wildman–Crippen MR) is 144 cm³/mol. The molecule has 3 aliphatic heterocycles. The number of carbonyl (C=O) groups is 3. The second kappa shape index (κ2) is 12.6. The number of likely N-dealkylation sites (tertiary alicyclic amines) is 1. The van der Waals surface area contributed by atoms with Crippen LogP contribution in [0.2, 0.25) is 0 Å². The van der Waals surface area contributed by atoms with Crippen molar-refractivity contribution in [2.24, 2.45) is 5.92 Å². The van der Waals surface area contributed by atoms with Crippen molar-refractivity contribution < 1.29 is 19.2 Å². The second-order valence-corrected chi connectivity index (χ2v) is 12.4. The van der Waals surface area contributed by atoms with E-state index in [0.717, 1.165) is 32.2 Å². The largest absolute Gasteiger partial charge is 0.349 e. The highest BCUT2D eigenvalue weighted by molar-refractivity contribution is 5.93. The number of fused-ring (bicyclic) bond motifs is 1. The third kappa shape index (κ3) is 6.51. The summed E-state index contributed by atoms with van der Waals surface area (Å²) in [6, 6.07) is -0.498. The molecular formula is C28H48N6O4. The molecule has 0 aromatic carbocycles. The molecule has 2 saturated carbocycles. The summed E-state index contributed by atoms with van der Waals surface area (Å²) in [7, 11) is 0. The Hall–Kier alpha value is -1.75. The van der Waals surface area contributed by atoms with Crippen LogP contribution in [0.15, 0.2) is 0 Å². The van der Waals surface area contributed by atoms with Gasteiger partial charge in [0.05, 0.1) is 24.7 Å². The average Bonchev–Trinajstić information content (AvgIpc) is 3.68. The van der Waals surface area contributed by atoms with Crippen molar-refractivity contribution in [3.8, 4) is 0 Å². The number of nitrogens with zero attached hydrogens (tertiary/aromatic N) is 1. The number of nitrogens with one attached hydrogen (secondary N) is 5. The zero-order valence-corrected chi connectivity index (χ0v) is 23.2. The maximum atomic E-state index is 13.6. The van der Waals surface area contributed by atoms with E-state index in [1.807, 2.05) is 18.7 Å². The van der Waals surface area contributed by atoms with Gasteiger partial charge in [-0.25, -0.2) is 0 Å². The van der Waals surface area contributed by atoms with E-state index in [1.54, 1.807) is 0 Å². The predicted octanol–water partition coefficient (Wildman–Crippen LogP) is 1.45. The first kappa shape index (κ1) is 27.8. The number of hydrogen-bond acceptors (Lipinski definition) is 7. The van der Waals surface area contributed by atoms with Crippen molar-refractivity contribution in [3.63, 3.8) is 0 Å². The SMILES string of the molecule is CC1CC(C(=O)N[C@@H](CC(=O)N2CCC[C@@H]2C2CCCCC2)C(=O)N[C@H](C)C2NC3CCCCC3N2)NO1. The van der Waals surface area contributed by atoms with Gasteiger partial charge < -0.3 is 15.5 Å². The standard InChI is InChI=1S/C28H48N6O4/c1-17-15-23(33-38-17)28(37)32-22(16-25(35)34-14-8-13-24(34)19-9-4-3-5-10-19)27(36)29-18(2)26-30-20-11-6-7-12-21(20)31-26/h17-24,26,30-31,33H,3-16H2,1-2H3,(H,29,36)(H,32,37)/t17?,18-,20?,21?,22+,23?,24-,26?/m1/s1. The van der Waals surface area contributed by atoms with Crippen LogP contribution in [-0.2, 0) is 19.2 Å². The maximum absolute atomic E-state index is 13.6. The van der Waals surface area contributed by atoms with Gasteiger partial charge >= 0.3 is 0 Å². The molecule has 3 heterocycles. The van der Waals surface area contributed by atoms with Crippen molar-refractivity contribution in [3.05, 3.63) is 0 Å². The van der Waals surface area contributed by atoms with E-state index < -0.39 is 12.1 Å². The molecule has 3 saturated heterocycles. The summed E-state index contributed by atoms with van der Waals surface area (Å²) in [6.45, 7) is 4.62. The van der Waals surface area contributed by atoms with E-state index in [2.05, 4.69) is 26.7 Å². The van der Waals surface area contributed by atoms with Crippen molar-refractivity contribution in [2.45, 2.75) is 146 Å². The molecule has 214 valence electrons. The summed E-state index contributed by atoms with van der Waals surface area (Å²) >= 11 is 0. The van der Waals surface area contributed by atoms with Crippen LogP contribution < -0.4 is 26.7 Å². The molecule has 38 heavy (non-hydrogen) atoms. The molecule has 10 heteroatoms. The Kier molecular flexibility index (Phi) is 9.23. The normalized spacial score (nSPS) is 35.5. The van der Waals surface area contributed by atoms with E-state index >= 15 is 0 Å².